The Morgan fingerprint density at radius 1 is 1.45 bits per heavy atom. The summed E-state index contributed by atoms with van der Waals surface area (Å²) in [5.74, 6) is -0.252. The van der Waals surface area contributed by atoms with Gasteiger partial charge in [-0.05, 0) is 18.6 Å². The molecule has 0 amide bonds. The lowest BCUT2D eigenvalue weighted by molar-refractivity contribution is 0.384. The molecule has 0 atom stereocenters. The molecule has 1 aromatic rings. The van der Waals surface area contributed by atoms with Crippen molar-refractivity contribution in [2.24, 2.45) is 0 Å². The smallest absolute Gasteiger partial charge is 0.188 e. The summed E-state index contributed by atoms with van der Waals surface area (Å²) in [6.07, 6.45) is 0. The zero-order valence-electron chi connectivity index (χ0n) is 6.52. The lowest BCUT2D eigenvalue weighted by atomic mass is 10.2. The summed E-state index contributed by atoms with van der Waals surface area (Å²) >= 11 is 0. The van der Waals surface area contributed by atoms with Crippen LogP contribution in [-0.2, 0) is 0 Å². The highest BCUT2D eigenvalue weighted by Gasteiger charge is 2.07. The van der Waals surface area contributed by atoms with Crippen LogP contribution in [0.5, 0.6) is 5.75 Å². The molecule has 0 saturated heterocycles. The van der Waals surface area contributed by atoms with Crippen molar-refractivity contribution in [1.29, 1.82) is 0 Å². The van der Waals surface area contributed by atoms with Gasteiger partial charge in [-0.2, -0.15) is 0 Å². The Bertz CT molecular complexity index is 273. The van der Waals surface area contributed by atoms with E-state index in [1.165, 1.54) is 13.2 Å². The van der Waals surface area contributed by atoms with Gasteiger partial charge in [0.1, 0.15) is 0 Å². The van der Waals surface area contributed by atoms with Crippen molar-refractivity contribution < 1.29 is 9.13 Å². The number of benzene rings is 1. The van der Waals surface area contributed by atoms with Gasteiger partial charge in [0.2, 0.25) is 0 Å². The maximum atomic E-state index is 13.0. The SMILES string of the molecule is COc1c(C)ccc(N)c1F. The van der Waals surface area contributed by atoms with Gasteiger partial charge in [0.05, 0.1) is 12.8 Å². The van der Waals surface area contributed by atoms with Gasteiger partial charge < -0.3 is 10.5 Å². The van der Waals surface area contributed by atoms with E-state index >= 15 is 0 Å². The molecule has 0 bridgehead atoms. The number of nitrogen functional groups attached to an aromatic ring is 1. The van der Waals surface area contributed by atoms with Crippen molar-refractivity contribution in [2.45, 2.75) is 6.92 Å². The van der Waals surface area contributed by atoms with Crippen molar-refractivity contribution in [3.05, 3.63) is 23.5 Å². The van der Waals surface area contributed by atoms with E-state index in [2.05, 4.69) is 0 Å². The fourth-order valence-corrected chi connectivity index (χ4v) is 0.918. The molecule has 2 N–H and O–H groups in total. The van der Waals surface area contributed by atoms with E-state index in [4.69, 9.17) is 10.5 Å². The fraction of sp³-hybridized carbons (Fsp3) is 0.250. The predicted octanol–water partition coefficient (Wildman–Crippen LogP) is 1.72. The first-order valence-electron chi connectivity index (χ1n) is 3.25. The van der Waals surface area contributed by atoms with Crippen LogP contribution in [0.1, 0.15) is 5.56 Å². The number of ether oxygens (including phenoxy) is 1. The predicted molar refractivity (Wildman–Crippen MR) is 42.1 cm³/mol. The highest BCUT2D eigenvalue weighted by molar-refractivity contribution is 5.49. The summed E-state index contributed by atoms with van der Waals surface area (Å²) in [7, 11) is 1.42. The zero-order chi connectivity index (χ0) is 8.43. The van der Waals surface area contributed by atoms with Crippen LogP contribution in [0.4, 0.5) is 10.1 Å². The number of rotatable bonds is 1. The number of methoxy groups -OCH3 is 1. The van der Waals surface area contributed by atoms with Crippen LogP contribution in [0.15, 0.2) is 12.1 Å². The summed E-state index contributed by atoms with van der Waals surface area (Å²) in [5, 5.41) is 0. The third kappa shape index (κ3) is 1.27. The molecule has 0 saturated carbocycles. The van der Waals surface area contributed by atoms with Crippen LogP contribution >= 0.6 is 0 Å². The van der Waals surface area contributed by atoms with Crippen molar-refractivity contribution in [3.8, 4) is 5.75 Å². The Hall–Kier alpha value is -1.25. The summed E-state index contributed by atoms with van der Waals surface area (Å²) in [6.45, 7) is 1.77. The maximum Gasteiger partial charge on any atom is 0.188 e. The van der Waals surface area contributed by atoms with Gasteiger partial charge in [0.25, 0.3) is 0 Å². The first kappa shape index (κ1) is 7.85. The molecule has 1 rings (SSSR count). The molecular weight excluding hydrogens is 145 g/mol. The first-order chi connectivity index (χ1) is 5.16. The van der Waals surface area contributed by atoms with Crippen LogP contribution in [0.2, 0.25) is 0 Å². The molecule has 0 fully saturated rings. The van der Waals surface area contributed by atoms with Gasteiger partial charge in [0, 0.05) is 0 Å². The normalized spacial score (nSPS) is 9.73. The minimum atomic E-state index is -0.479. The first-order valence-corrected chi connectivity index (χ1v) is 3.25. The third-order valence-corrected chi connectivity index (χ3v) is 1.53. The molecule has 2 nitrogen and oxygen atoms in total. The Morgan fingerprint density at radius 2 is 2.09 bits per heavy atom. The number of aryl methyl sites for hydroxylation is 1. The van der Waals surface area contributed by atoms with Gasteiger partial charge in [-0.25, -0.2) is 4.39 Å². The summed E-state index contributed by atoms with van der Waals surface area (Å²) in [4.78, 5) is 0. The minimum Gasteiger partial charge on any atom is -0.493 e. The Labute approximate surface area is 64.8 Å². The van der Waals surface area contributed by atoms with Gasteiger partial charge in [-0.15, -0.1) is 0 Å². The van der Waals surface area contributed by atoms with Crippen molar-refractivity contribution in [2.75, 3.05) is 12.8 Å². The van der Waals surface area contributed by atoms with Crippen molar-refractivity contribution >= 4 is 5.69 Å². The van der Waals surface area contributed by atoms with Gasteiger partial charge in [-0.3, -0.25) is 0 Å². The van der Waals surface area contributed by atoms with Crippen LogP contribution in [0.25, 0.3) is 0 Å². The van der Waals surface area contributed by atoms with Crippen LogP contribution in [0, 0.1) is 12.7 Å². The Morgan fingerprint density at radius 3 is 2.55 bits per heavy atom. The van der Waals surface area contributed by atoms with E-state index in [0.717, 1.165) is 5.56 Å². The minimum absolute atomic E-state index is 0.118. The largest absolute Gasteiger partial charge is 0.493 e. The molecular formula is C8H10FNO. The fourth-order valence-electron chi connectivity index (χ4n) is 0.918. The molecule has 0 aliphatic carbocycles. The lowest BCUT2D eigenvalue weighted by Gasteiger charge is -2.06. The number of halogens is 1. The number of hydrogen-bond donors (Lipinski definition) is 1. The molecule has 1 aromatic carbocycles. The monoisotopic (exact) mass is 155 g/mol. The molecule has 0 unspecified atom stereocenters. The lowest BCUT2D eigenvalue weighted by Crippen LogP contribution is -1.96. The van der Waals surface area contributed by atoms with Gasteiger partial charge in [0.15, 0.2) is 11.6 Å². The molecule has 60 valence electrons. The molecule has 3 heteroatoms. The Balaban J connectivity index is 3.29. The second-order valence-electron chi connectivity index (χ2n) is 2.32. The average molecular weight is 155 g/mol. The second-order valence-corrected chi connectivity index (χ2v) is 2.32. The molecule has 0 radical (unpaired) electrons. The molecule has 0 aromatic heterocycles. The summed E-state index contributed by atoms with van der Waals surface area (Å²) in [5.41, 5.74) is 6.18. The topological polar surface area (TPSA) is 35.2 Å². The molecule has 11 heavy (non-hydrogen) atoms. The standard InChI is InChI=1S/C8H10FNO/c1-5-3-4-6(10)7(9)8(5)11-2/h3-4H,10H2,1-2H3. The van der Waals surface area contributed by atoms with E-state index in [1.807, 2.05) is 0 Å². The molecule has 0 aliphatic heterocycles. The summed E-state index contributed by atoms with van der Waals surface area (Å²) in [6, 6.07) is 3.24. The highest BCUT2D eigenvalue weighted by Crippen LogP contribution is 2.25. The Kier molecular flexibility index (Phi) is 1.98. The van der Waals surface area contributed by atoms with E-state index in [1.54, 1.807) is 13.0 Å². The van der Waals surface area contributed by atoms with E-state index in [9.17, 15) is 4.39 Å². The quantitative estimate of drug-likeness (QED) is 0.627. The summed E-state index contributed by atoms with van der Waals surface area (Å²) < 4.78 is 17.8. The number of anilines is 1. The molecule has 0 heterocycles. The van der Waals surface area contributed by atoms with Crippen molar-refractivity contribution in [1.82, 2.24) is 0 Å². The zero-order valence-corrected chi connectivity index (χ0v) is 6.52. The highest BCUT2D eigenvalue weighted by atomic mass is 19.1. The van der Waals surface area contributed by atoms with Gasteiger partial charge >= 0.3 is 0 Å². The average Bonchev–Trinajstić information content (AvgIpc) is 1.99. The van der Waals surface area contributed by atoms with Crippen LogP contribution < -0.4 is 10.5 Å². The van der Waals surface area contributed by atoms with Crippen LogP contribution in [-0.4, -0.2) is 7.11 Å². The second kappa shape index (κ2) is 2.78. The third-order valence-electron chi connectivity index (χ3n) is 1.53. The van der Waals surface area contributed by atoms with Gasteiger partial charge in [-0.1, -0.05) is 6.07 Å². The number of nitrogens with two attached hydrogens (primary N) is 1. The van der Waals surface area contributed by atoms with E-state index in [-0.39, 0.29) is 11.4 Å². The molecule has 0 aliphatic rings. The van der Waals surface area contributed by atoms with Crippen LogP contribution in [0.3, 0.4) is 0 Å². The number of hydrogen-bond acceptors (Lipinski definition) is 2. The maximum absolute atomic E-state index is 13.0. The van der Waals surface area contributed by atoms with E-state index < -0.39 is 5.82 Å². The van der Waals surface area contributed by atoms with E-state index in [0.29, 0.717) is 0 Å². The van der Waals surface area contributed by atoms with Crippen molar-refractivity contribution in [3.63, 3.8) is 0 Å². The molecule has 0 spiro atoms.